The number of fused-ring (bicyclic) bond motifs is 1. The second-order valence-corrected chi connectivity index (χ2v) is 7.91. The minimum atomic E-state index is -0.838. The molecule has 0 atom stereocenters. The lowest BCUT2D eigenvalue weighted by Gasteiger charge is -2.31. The van der Waals surface area contributed by atoms with Crippen LogP contribution in [-0.4, -0.2) is 40.6 Å². The predicted octanol–water partition coefficient (Wildman–Crippen LogP) is 4.42. The van der Waals surface area contributed by atoms with Crippen LogP contribution in [0.2, 0.25) is 0 Å². The summed E-state index contributed by atoms with van der Waals surface area (Å²) in [6, 6.07) is 15.7. The van der Waals surface area contributed by atoms with Gasteiger partial charge in [-0.15, -0.1) is 11.3 Å². The van der Waals surface area contributed by atoms with Crippen LogP contribution in [0, 0.1) is 0 Å². The van der Waals surface area contributed by atoms with E-state index in [1.54, 1.807) is 12.1 Å². The average Bonchev–Trinajstić information content (AvgIpc) is 3.11. The third kappa shape index (κ3) is 3.64. The molecular weight excluding hydrogens is 344 g/mol. The first-order chi connectivity index (χ1) is 12.7. The minimum absolute atomic E-state index is 0.428. The summed E-state index contributed by atoms with van der Waals surface area (Å²) < 4.78 is 1.27. The zero-order chi connectivity index (χ0) is 17.9. The molecule has 1 aliphatic heterocycles. The fraction of sp³-hybridized carbons (Fsp3) is 0.333. The Bertz CT molecular complexity index is 880. The number of piperidine rings is 1. The molecule has 1 N–H and O–H groups in total. The Labute approximate surface area is 157 Å². The molecule has 0 amide bonds. The van der Waals surface area contributed by atoms with E-state index in [-0.39, 0.29) is 0 Å². The number of likely N-dealkylation sites (tertiary alicyclic amines) is 1. The van der Waals surface area contributed by atoms with Gasteiger partial charge in [-0.2, -0.15) is 0 Å². The molecule has 0 bridgehead atoms. The summed E-state index contributed by atoms with van der Waals surface area (Å²) >= 11 is 1.83. The molecular formula is C21H22N2O2S. The van der Waals surface area contributed by atoms with Crippen LogP contribution in [0.4, 0.5) is 0 Å². The van der Waals surface area contributed by atoms with E-state index in [0.29, 0.717) is 11.5 Å². The molecule has 26 heavy (non-hydrogen) atoms. The highest BCUT2D eigenvalue weighted by Gasteiger charge is 2.23. The number of carboxylic acid groups (broad SMARTS) is 1. The molecule has 0 saturated carbocycles. The summed E-state index contributed by atoms with van der Waals surface area (Å²) in [4.78, 5) is 18.6. The molecule has 1 aromatic heterocycles. The molecule has 2 heterocycles. The van der Waals surface area contributed by atoms with E-state index in [0.717, 1.165) is 50.0 Å². The van der Waals surface area contributed by atoms with Crippen molar-refractivity contribution in [1.29, 1.82) is 0 Å². The number of carbonyl (C=O) groups is 1. The molecule has 1 saturated heterocycles. The molecule has 0 spiro atoms. The lowest BCUT2D eigenvalue weighted by molar-refractivity contribution is 0.0695. The van der Waals surface area contributed by atoms with Gasteiger partial charge >= 0.3 is 5.97 Å². The van der Waals surface area contributed by atoms with E-state index in [9.17, 15) is 9.90 Å². The van der Waals surface area contributed by atoms with E-state index in [1.165, 1.54) is 9.71 Å². The van der Waals surface area contributed by atoms with Crippen LogP contribution in [0.25, 0.3) is 10.2 Å². The van der Waals surface area contributed by atoms with E-state index in [4.69, 9.17) is 4.98 Å². The van der Waals surface area contributed by atoms with Crippen molar-refractivity contribution in [3.05, 3.63) is 64.7 Å². The fourth-order valence-corrected chi connectivity index (χ4v) is 4.83. The van der Waals surface area contributed by atoms with Crippen LogP contribution in [0.1, 0.15) is 39.7 Å². The van der Waals surface area contributed by atoms with Gasteiger partial charge in [0.1, 0.15) is 0 Å². The number of aromatic carboxylic acids is 1. The lowest BCUT2D eigenvalue weighted by Crippen LogP contribution is -2.34. The Hall–Kier alpha value is -2.24. The van der Waals surface area contributed by atoms with E-state index in [2.05, 4.69) is 23.1 Å². The Kier molecular flexibility index (Phi) is 5.00. The number of hydrogen-bond donors (Lipinski definition) is 1. The third-order valence-electron chi connectivity index (χ3n) is 5.19. The molecule has 1 aliphatic rings. The number of thiazole rings is 1. The fourth-order valence-electron chi connectivity index (χ4n) is 3.69. The molecule has 4 nitrogen and oxygen atoms in total. The van der Waals surface area contributed by atoms with Crippen molar-refractivity contribution in [2.75, 3.05) is 19.6 Å². The monoisotopic (exact) mass is 366 g/mol. The summed E-state index contributed by atoms with van der Waals surface area (Å²) in [5.41, 5.74) is 2.46. The molecule has 5 heteroatoms. The summed E-state index contributed by atoms with van der Waals surface area (Å²) in [7, 11) is 0. The first kappa shape index (κ1) is 17.2. The number of para-hydroxylation sites is 1. The van der Waals surface area contributed by atoms with Gasteiger partial charge in [0, 0.05) is 12.5 Å². The second-order valence-electron chi connectivity index (χ2n) is 6.85. The number of rotatable bonds is 5. The molecule has 4 rings (SSSR count). The first-order valence-electron chi connectivity index (χ1n) is 9.10. The van der Waals surface area contributed by atoms with Crippen molar-refractivity contribution in [2.45, 2.75) is 25.2 Å². The van der Waals surface area contributed by atoms with Gasteiger partial charge in [0.25, 0.3) is 0 Å². The highest BCUT2D eigenvalue weighted by atomic mass is 32.1. The van der Waals surface area contributed by atoms with Crippen molar-refractivity contribution in [3.8, 4) is 0 Å². The van der Waals surface area contributed by atoms with Crippen molar-refractivity contribution < 1.29 is 9.90 Å². The van der Waals surface area contributed by atoms with Crippen molar-refractivity contribution in [2.24, 2.45) is 0 Å². The van der Waals surface area contributed by atoms with Gasteiger partial charge in [-0.05, 0) is 56.1 Å². The summed E-state index contributed by atoms with van der Waals surface area (Å²) in [6.45, 7) is 3.02. The molecule has 2 aromatic carbocycles. The second kappa shape index (κ2) is 7.56. The standard InChI is InChI=1S/C21H22N2O2S/c24-21(25)17-6-2-1-5-15(17)9-12-23-13-10-16(11-14-23)20-22-18-7-3-4-8-19(18)26-20/h1-8,16H,9-14H2,(H,24,25). The van der Waals surface area contributed by atoms with Crippen molar-refractivity contribution >= 4 is 27.5 Å². The van der Waals surface area contributed by atoms with Crippen LogP contribution < -0.4 is 0 Å². The Morgan fingerprint density at radius 2 is 1.85 bits per heavy atom. The SMILES string of the molecule is O=C(O)c1ccccc1CCN1CCC(c2nc3ccccc3s2)CC1. The van der Waals surface area contributed by atoms with Crippen LogP contribution in [0.15, 0.2) is 48.5 Å². The Morgan fingerprint density at radius 1 is 1.12 bits per heavy atom. The first-order valence-corrected chi connectivity index (χ1v) is 9.91. The Morgan fingerprint density at radius 3 is 2.62 bits per heavy atom. The molecule has 0 radical (unpaired) electrons. The van der Waals surface area contributed by atoms with E-state index in [1.807, 2.05) is 29.5 Å². The number of carboxylic acids is 1. The van der Waals surface area contributed by atoms with Gasteiger partial charge in [0.15, 0.2) is 0 Å². The van der Waals surface area contributed by atoms with Gasteiger partial charge in [-0.25, -0.2) is 9.78 Å². The predicted molar refractivity (Wildman–Crippen MR) is 105 cm³/mol. The van der Waals surface area contributed by atoms with Crippen LogP contribution in [0.5, 0.6) is 0 Å². The van der Waals surface area contributed by atoms with Gasteiger partial charge in [0.05, 0.1) is 20.8 Å². The molecule has 1 fully saturated rings. The smallest absolute Gasteiger partial charge is 0.335 e. The zero-order valence-corrected chi connectivity index (χ0v) is 15.4. The maximum atomic E-state index is 11.3. The van der Waals surface area contributed by atoms with Crippen molar-refractivity contribution in [1.82, 2.24) is 9.88 Å². The highest BCUT2D eigenvalue weighted by Crippen LogP contribution is 2.33. The summed E-state index contributed by atoms with van der Waals surface area (Å²) in [5, 5.41) is 10.6. The Balaban J connectivity index is 1.35. The summed E-state index contributed by atoms with van der Waals surface area (Å²) in [6.07, 6.45) is 3.04. The zero-order valence-electron chi connectivity index (χ0n) is 14.6. The van der Waals surface area contributed by atoms with E-state index < -0.39 is 5.97 Å². The average molecular weight is 366 g/mol. The quantitative estimate of drug-likeness (QED) is 0.726. The van der Waals surface area contributed by atoms with Crippen molar-refractivity contribution in [3.63, 3.8) is 0 Å². The van der Waals surface area contributed by atoms with Gasteiger partial charge in [-0.3, -0.25) is 0 Å². The van der Waals surface area contributed by atoms with Gasteiger partial charge in [-0.1, -0.05) is 30.3 Å². The number of aromatic nitrogens is 1. The molecule has 3 aromatic rings. The summed E-state index contributed by atoms with van der Waals surface area (Å²) in [5.74, 6) is -0.287. The van der Waals surface area contributed by atoms with Gasteiger partial charge < -0.3 is 10.0 Å². The molecule has 134 valence electrons. The molecule has 0 unspecified atom stereocenters. The number of nitrogens with zero attached hydrogens (tertiary/aromatic N) is 2. The number of benzene rings is 2. The molecule has 0 aliphatic carbocycles. The highest BCUT2D eigenvalue weighted by molar-refractivity contribution is 7.18. The van der Waals surface area contributed by atoms with Crippen LogP contribution in [0.3, 0.4) is 0 Å². The van der Waals surface area contributed by atoms with Gasteiger partial charge in [0.2, 0.25) is 0 Å². The van der Waals surface area contributed by atoms with Crippen LogP contribution >= 0.6 is 11.3 Å². The maximum Gasteiger partial charge on any atom is 0.335 e. The minimum Gasteiger partial charge on any atom is -0.478 e. The topological polar surface area (TPSA) is 53.4 Å². The largest absolute Gasteiger partial charge is 0.478 e. The maximum absolute atomic E-state index is 11.3. The number of hydrogen-bond acceptors (Lipinski definition) is 4. The lowest BCUT2D eigenvalue weighted by atomic mass is 9.97. The third-order valence-corrected chi connectivity index (χ3v) is 6.39. The van der Waals surface area contributed by atoms with Crippen LogP contribution in [-0.2, 0) is 6.42 Å². The normalized spacial score (nSPS) is 16.2. The van der Waals surface area contributed by atoms with E-state index >= 15 is 0 Å².